The lowest BCUT2D eigenvalue weighted by atomic mass is 10.1. The Labute approximate surface area is 131 Å². The van der Waals surface area contributed by atoms with Gasteiger partial charge in [0.25, 0.3) is 0 Å². The Morgan fingerprint density at radius 3 is 2.55 bits per heavy atom. The second-order valence-electron chi connectivity index (χ2n) is 5.85. The Balaban J connectivity index is 2.00. The van der Waals surface area contributed by atoms with Crippen molar-refractivity contribution in [2.45, 2.75) is 32.4 Å². The number of nitrogens with one attached hydrogen (secondary N) is 1. The SMILES string of the molecule is CC(O)CCN(C)C(C)C(=O)Nc1ccc2ccccc2c1. The zero-order chi connectivity index (χ0) is 16.1. The molecule has 0 saturated heterocycles. The molecular weight excluding hydrogens is 276 g/mol. The maximum atomic E-state index is 12.3. The highest BCUT2D eigenvalue weighted by Crippen LogP contribution is 2.19. The highest BCUT2D eigenvalue weighted by molar-refractivity contribution is 5.97. The first-order chi connectivity index (χ1) is 10.5. The number of hydrogen-bond acceptors (Lipinski definition) is 3. The predicted octanol–water partition coefficient (Wildman–Crippen LogP) is 2.87. The number of carbonyl (C=O) groups excluding carboxylic acids is 1. The molecule has 2 N–H and O–H groups in total. The summed E-state index contributed by atoms with van der Waals surface area (Å²) >= 11 is 0. The lowest BCUT2D eigenvalue weighted by Gasteiger charge is -2.24. The third-order valence-corrected chi connectivity index (χ3v) is 3.96. The summed E-state index contributed by atoms with van der Waals surface area (Å²) in [7, 11) is 1.90. The molecule has 2 unspecified atom stereocenters. The van der Waals surface area contributed by atoms with E-state index in [2.05, 4.69) is 5.32 Å². The van der Waals surface area contributed by atoms with E-state index in [4.69, 9.17) is 0 Å². The van der Waals surface area contributed by atoms with Crippen molar-refractivity contribution in [3.05, 3.63) is 42.5 Å². The highest BCUT2D eigenvalue weighted by Gasteiger charge is 2.18. The van der Waals surface area contributed by atoms with Crippen molar-refractivity contribution >= 4 is 22.4 Å². The fraction of sp³-hybridized carbons (Fsp3) is 0.389. The molecule has 2 aromatic rings. The van der Waals surface area contributed by atoms with Crippen molar-refractivity contribution in [3.63, 3.8) is 0 Å². The van der Waals surface area contributed by atoms with Crippen LogP contribution in [-0.4, -0.2) is 41.7 Å². The first-order valence-electron chi connectivity index (χ1n) is 7.65. The van der Waals surface area contributed by atoms with Gasteiger partial charge in [0.2, 0.25) is 5.91 Å². The number of carbonyl (C=O) groups is 1. The Morgan fingerprint density at radius 1 is 1.18 bits per heavy atom. The topological polar surface area (TPSA) is 52.6 Å². The van der Waals surface area contributed by atoms with Crippen molar-refractivity contribution in [1.82, 2.24) is 4.90 Å². The summed E-state index contributed by atoms with van der Waals surface area (Å²) in [6.45, 7) is 4.32. The summed E-state index contributed by atoms with van der Waals surface area (Å²) < 4.78 is 0. The van der Waals surface area contributed by atoms with Crippen molar-refractivity contribution in [2.75, 3.05) is 18.9 Å². The average Bonchev–Trinajstić information content (AvgIpc) is 2.51. The monoisotopic (exact) mass is 300 g/mol. The number of likely N-dealkylation sites (N-methyl/N-ethyl adjacent to an activating group) is 1. The molecule has 4 nitrogen and oxygen atoms in total. The number of amides is 1. The molecule has 0 fully saturated rings. The van der Waals surface area contributed by atoms with Gasteiger partial charge in [-0.15, -0.1) is 0 Å². The summed E-state index contributed by atoms with van der Waals surface area (Å²) in [5.41, 5.74) is 0.805. The Morgan fingerprint density at radius 2 is 1.86 bits per heavy atom. The van der Waals surface area contributed by atoms with Crippen LogP contribution in [0.5, 0.6) is 0 Å². The standard InChI is InChI=1S/C18H24N2O2/c1-13(21)10-11-20(3)14(2)18(22)19-17-9-8-15-6-4-5-7-16(15)12-17/h4-9,12-14,21H,10-11H2,1-3H3,(H,19,22). The minimum atomic E-state index is -0.349. The Bertz CT molecular complexity index is 640. The van der Waals surface area contributed by atoms with Gasteiger partial charge < -0.3 is 10.4 Å². The number of fused-ring (bicyclic) bond motifs is 1. The van der Waals surface area contributed by atoms with Gasteiger partial charge in [-0.05, 0) is 50.2 Å². The number of benzene rings is 2. The zero-order valence-electron chi connectivity index (χ0n) is 13.4. The molecule has 0 bridgehead atoms. The minimum Gasteiger partial charge on any atom is -0.393 e. The van der Waals surface area contributed by atoms with Crippen LogP contribution in [0.25, 0.3) is 10.8 Å². The zero-order valence-corrected chi connectivity index (χ0v) is 13.4. The van der Waals surface area contributed by atoms with Crippen LogP contribution in [-0.2, 0) is 4.79 Å². The molecule has 4 heteroatoms. The van der Waals surface area contributed by atoms with Gasteiger partial charge in [0.15, 0.2) is 0 Å². The summed E-state index contributed by atoms with van der Waals surface area (Å²) in [6.07, 6.45) is 0.308. The Hall–Kier alpha value is -1.91. The van der Waals surface area contributed by atoms with Gasteiger partial charge in [0.05, 0.1) is 12.1 Å². The lowest BCUT2D eigenvalue weighted by Crippen LogP contribution is -2.40. The van der Waals surface area contributed by atoms with Crippen LogP contribution in [0.15, 0.2) is 42.5 Å². The third kappa shape index (κ3) is 4.29. The molecule has 22 heavy (non-hydrogen) atoms. The van der Waals surface area contributed by atoms with Crippen LogP contribution < -0.4 is 5.32 Å². The van der Waals surface area contributed by atoms with Gasteiger partial charge in [-0.1, -0.05) is 30.3 Å². The second-order valence-corrected chi connectivity index (χ2v) is 5.85. The molecule has 1 amide bonds. The van der Waals surface area contributed by atoms with E-state index in [0.29, 0.717) is 13.0 Å². The van der Waals surface area contributed by atoms with E-state index in [1.54, 1.807) is 6.92 Å². The van der Waals surface area contributed by atoms with E-state index in [0.717, 1.165) is 16.5 Å². The van der Waals surface area contributed by atoms with Crippen LogP contribution in [0, 0.1) is 0 Å². The van der Waals surface area contributed by atoms with E-state index >= 15 is 0 Å². The normalized spacial score (nSPS) is 14.0. The minimum absolute atomic E-state index is 0.0385. The number of rotatable bonds is 6. The maximum Gasteiger partial charge on any atom is 0.241 e. The molecule has 0 aliphatic carbocycles. The maximum absolute atomic E-state index is 12.3. The summed E-state index contributed by atoms with van der Waals surface area (Å²) in [5.74, 6) is -0.0385. The van der Waals surface area contributed by atoms with Gasteiger partial charge in [-0.2, -0.15) is 0 Å². The molecule has 0 spiro atoms. The van der Waals surface area contributed by atoms with Crippen molar-refractivity contribution in [3.8, 4) is 0 Å². The van der Waals surface area contributed by atoms with E-state index in [1.807, 2.05) is 61.3 Å². The van der Waals surface area contributed by atoms with Gasteiger partial charge in [0, 0.05) is 12.2 Å². The fourth-order valence-electron chi connectivity index (χ4n) is 2.30. The molecule has 0 saturated carbocycles. The molecule has 2 rings (SSSR count). The lowest BCUT2D eigenvalue weighted by molar-refractivity contribution is -0.120. The molecule has 0 radical (unpaired) electrons. The number of aliphatic hydroxyl groups is 1. The molecule has 118 valence electrons. The van der Waals surface area contributed by atoms with Gasteiger partial charge in [-0.25, -0.2) is 0 Å². The molecule has 2 aromatic carbocycles. The fourth-order valence-corrected chi connectivity index (χ4v) is 2.30. The van der Waals surface area contributed by atoms with Gasteiger partial charge >= 0.3 is 0 Å². The van der Waals surface area contributed by atoms with Crippen LogP contribution in [0.1, 0.15) is 20.3 Å². The Kier molecular flexibility index (Phi) is 5.52. The second kappa shape index (κ2) is 7.38. The van der Waals surface area contributed by atoms with Gasteiger partial charge in [-0.3, -0.25) is 9.69 Å². The van der Waals surface area contributed by atoms with Crippen LogP contribution >= 0.6 is 0 Å². The quantitative estimate of drug-likeness (QED) is 0.862. The number of nitrogens with zero attached hydrogens (tertiary/aromatic N) is 1. The highest BCUT2D eigenvalue weighted by atomic mass is 16.3. The third-order valence-electron chi connectivity index (χ3n) is 3.96. The summed E-state index contributed by atoms with van der Waals surface area (Å²) in [4.78, 5) is 14.3. The van der Waals surface area contributed by atoms with Crippen molar-refractivity contribution in [2.24, 2.45) is 0 Å². The van der Waals surface area contributed by atoms with E-state index in [-0.39, 0.29) is 18.1 Å². The molecule has 0 heterocycles. The molecule has 0 aliphatic heterocycles. The smallest absolute Gasteiger partial charge is 0.241 e. The van der Waals surface area contributed by atoms with Crippen LogP contribution in [0.3, 0.4) is 0 Å². The molecular formula is C18H24N2O2. The van der Waals surface area contributed by atoms with Crippen LogP contribution in [0.4, 0.5) is 5.69 Å². The van der Waals surface area contributed by atoms with E-state index in [1.165, 1.54) is 0 Å². The van der Waals surface area contributed by atoms with E-state index < -0.39 is 0 Å². The van der Waals surface area contributed by atoms with Crippen molar-refractivity contribution < 1.29 is 9.90 Å². The average molecular weight is 300 g/mol. The first kappa shape index (κ1) is 16.5. The first-order valence-corrected chi connectivity index (χ1v) is 7.65. The predicted molar refractivity (Wildman–Crippen MR) is 91.0 cm³/mol. The molecule has 0 aromatic heterocycles. The summed E-state index contributed by atoms with van der Waals surface area (Å²) in [5, 5.41) is 14.6. The molecule has 2 atom stereocenters. The largest absolute Gasteiger partial charge is 0.393 e. The van der Waals surface area contributed by atoms with E-state index in [9.17, 15) is 9.90 Å². The number of hydrogen-bond donors (Lipinski definition) is 2. The number of aliphatic hydroxyl groups excluding tert-OH is 1. The van der Waals surface area contributed by atoms with Crippen molar-refractivity contribution in [1.29, 1.82) is 0 Å². The van der Waals surface area contributed by atoms with Crippen LogP contribution in [0.2, 0.25) is 0 Å². The number of anilines is 1. The van der Waals surface area contributed by atoms with Gasteiger partial charge in [0.1, 0.15) is 0 Å². The molecule has 0 aliphatic rings. The summed E-state index contributed by atoms with van der Waals surface area (Å²) in [6, 6.07) is 13.7.